The topological polar surface area (TPSA) is 66.0 Å². The van der Waals surface area contributed by atoms with E-state index in [0.717, 1.165) is 31.6 Å². The summed E-state index contributed by atoms with van der Waals surface area (Å²) >= 11 is 0. The lowest BCUT2D eigenvalue weighted by Gasteiger charge is -2.29. The molecule has 1 aromatic heterocycles. The molecule has 1 aromatic rings. The number of hydrogen-bond acceptors (Lipinski definition) is 5. The molecule has 4 atom stereocenters. The SMILES string of the molecule is Cc1cnccc1N1CCCN(C(=O)[C@H]2[C@@H]3C=C[C@@]4(CN(C)C(=O)[C@@H]24)O3)CC1. The lowest BCUT2D eigenvalue weighted by Crippen LogP contribution is -2.47. The Kier molecular flexibility index (Phi) is 3.98. The largest absolute Gasteiger partial charge is 0.369 e. The van der Waals surface area contributed by atoms with Crippen LogP contribution in [0.3, 0.4) is 0 Å². The van der Waals surface area contributed by atoms with Crippen LogP contribution >= 0.6 is 0 Å². The standard InChI is InChI=1S/C21H26N4O3/c1-14-12-22-7-5-15(14)24-8-3-9-25(11-10-24)19(26)17-16-4-6-21(28-16)13-23(2)20(27)18(17)21/h4-7,12,16-18H,3,8-11,13H2,1-2H3/t16-,17-,18+,21-/m0/s1. The number of ether oxygens (including phenoxy) is 1. The molecule has 2 bridgehead atoms. The normalized spacial score (nSPS) is 34.1. The molecular weight excluding hydrogens is 356 g/mol. The van der Waals surface area contributed by atoms with E-state index >= 15 is 0 Å². The Labute approximate surface area is 164 Å². The molecule has 3 saturated heterocycles. The summed E-state index contributed by atoms with van der Waals surface area (Å²) in [6, 6.07) is 2.04. The number of amides is 2. The number of rotatable bonds is 2. The number of pyridine rings is 1. The molecule has 0 saturated carbocycles. The third kappa shape index (κ3) is 2.49. The fourth-order valence-electron chi connectivity index (χ4n) is 5.38. The molecule has 7 heteroatoms. The third-order valence-corrected chi connectivity index (χ3v) is 6.71. The molecule has 7 nitrogen and oxygen atoms in total. The van der Waals surface area contributed by atoms with E-state index in [1.54, 1.807) is 11.9 Å². The van der Waals surface area contributed by atoms with Crippen molar-refractivity contribution in [2.24, 2.45) is 11.8 Å². The highest BCUT2D eigenvalue weighted by Crippen LogP contribution is 2.52. The van der Waals surface area contributed by atoms with Crippen LogP contribution in [0, 0.1) is 18.8 Å². The van der Waals surface area contributed by atoms with E-state index < -0.39 is 11.5 Å². The first-order chi connectivity index (χ1) is 13.5. The van der Waals surface area contributed by atoms with Crippen molar-refractivity contribution in [2.45, 2.75) is 25.0 Å². The van der Waals surface area contributed by atoms with Crippen LogP contribution in [0.5, 0.6) is 0 Å². The number of likely N-dealkylation sites (N-methyl/N-ethyl adjacent to an activating group) is 1. The van der Waals surface area contributed by atoms with Gasteiger partial charge in [0.2, 0.25) is 11.8 Å². The Balaban J connectivity index is 1.34. The second-order valence-electron chi connectivity index (χ2n) is 8.42. The van der Waals surface area contributed by atoms with Crippen molar-refractivity contribution in [3.63, 3.8) is 0 Å². The highest BCUT2D eigenvalue weighted by atomic mass is 16.5. The summed E-state index contributed by atoms with van der Waals surface area (Å²) in [6.07, 6.45) is 8.32. The first kappa shape index (κ1) is 17.7. The Hall–Kier alpha value is -2.41. The van der Waals surface area contributed by atoms with E-state index in [9.17, 15) is 9.59 Å². The quantitative estimate of drug-likeness (QED) is 0.710. The maximum absolute atomic E-state index is 13.5. The number of anilines is 1. The van der Waals surface area contributed by atoms with Gasteiger partial charge in [0.15, 0.2) is 0 Å². The first-order valence-corrected chi connectivity index (χ1v) is 10.1. The summed E-state index contributed by atoms with van der Waals surface area (Å²) in [5.41, 5.74) is 1.74. The zero-order valence-electron chi connectivity index (χ0n) is 16.4. The van der Waals surface area contributed by atoms with E-state index in [1.165, 1.54) is 5.69 Å². The summed E-state index contributed by atoms with van der Waals surface area (Å²) in [7, 11) is 1.79. The molecule has 5 heterocycles. The zero-order valence-corrected chi connectivity index (χ0v) is 16.4. The molecule has 0 aliphatic carbocycles. The number of aromatic nitrogens is 1. The van der Waals surface area contributed by atoms with Gasteiger partial charge < -0.3 is 19.4 Å². The maximum Gasteiger partial charge on any atom is 0.229 e. The van der Waals surface area contributed by atoms with Crippen molar-refractivity contribution in [2.75, 3.05) is 44.7 Å². The number of hydrogen-bond donors (Lipinski definition) is 0. The van der Waals surface area contributed by atoms with Crippen LogP contribution in [0.2, 0.25) is 0 Å². The molecule has 5 rings (SSSR count). The number of carbonyl (C=O) groups is 2. The van der Waals surface area contributed by atoms with Crippen molar-refractivity contribution in [1.82, 2.24) is 14.8 Å². The van der Waals surface area contributed by atoms with Gasteiger partial charge in [-0.15, -0.1) is 0 Å². The van der Waals surface area contributed by atoms with Gasteiger partial charge in [0.25, 0.3) is 0 Å². The molecule has 0 radical (unpaired) electrons. The van der Waals surface area contributed by atoms with Crippen LogP contribution < -0.4 is 4.90 Å². The van der Waals surface area contributed by atoms with Gasteiger partial charge in [-0.1, -0.05) is 12.2 Å². The van der Waals surface area contributed by atoms with Crippen molar-refractivity contribution < 1.29 is 14.3 Å². The maximum atomic E-state index is 13.5. The fourth-order valence-corrected chi connectivity index (χ4v) is 5.38. The summed E-state index contributed by atoms with van der Waals surface area (Å²) in [6.45, 7) is 5.69. The Morgan fingerprint density at radius 3 is 2.96 bits per heavy atom. The summed E-state index contributed by atoms with van der Waals surface area (Å²) in [4.78, 5) is 36.3. The minimum atomic E-state index is -0.594. The summed E-state index contributed by atoms with van der Waals surface area (Å²) in [5.74, 6) is -0.661. The molecular formula is C21H26N4O3. The molecule has 0 aromatic carbocycles. The molecule has 4 aliphatic heterocycles. The number of aryl methyl sites for hydroxylation is 1. The van der Waals surface area contributed by atoms with E-state index in [-0.39, 0.29) is 23.8 Å². The van der Waals surface area contributed by atoms with Gasteiger partial charge in [0.1, 0.15) is 5.60 Å². The number of nitrogens with zero attached hydrogens (tertiary/aromatic N) is 4. The van der Waals surface area contributed by atoms with Crippen molar-refractivity contribution in [1.29, 1.82) is 0 Å². The molecule has 148 valence electrons. The fraction of sp³-hybridized carbons (Fsp3) is 0.571. The molecule has 0 N–H and O–H groups in total. The predicted octanol–water partition coefficient (Wildman–Crippen LogP) is 0.841. The van der Waals surface area contributed by atoms with E-state index in [4.69, 9.17) is 4.74 Å². The van der Waals surface area contributed by atoms with E-state index in [2.05, 4.69) is 16.8 Å². The third-order valence-electron chi connectivity index (χ3n) is 6.71. The van der Waals surface area contributed by atoms with Crippen LogP contribution in [0.4, 0.5) is 5.69 Å². The number of fused-ring (bicyclic) bond motifs is 1. The second kappa shape index (κ2) is 6.30. The van der Waals surface area contributed by atoms with Gasteiger partial charge in [0.05, 0.1) is 24.5 Å². The molecule has 3 fully saturated rings. The number of carbonyl (C=O) groups excluding carboxylic acids is 2. The van der Waals surface area contributed by atoms with Gasteiger partial charge >= 0.3 is 0 Å². The number of likely N-dealkylation sites (tertiary alicyclic amines) is 1. The van der Waals surface area contributed by atoms with Gasteiger partial charge in [-0.2, -0.15) is 0 Å². The van der Waals surface area contributed by atoms with Gasteiger partial charge in [-0.25, -0.2) is 0 Å². The summed E-state index contributed by atoms with van der Waals surface area (Å²) in [5, 5.41) is 0. The Morgan fingerprint density at radius 1 is 1.29 bits per heavy atom. The highest BCUT2D eigenvalue weighted by Gasteiger charge is 2.66. The van der Waals surface area contributed by atoms with Crippen molar-refractivity contribution in [3.8, 4) is 0 Å². The Morgan fingerprint density at radius 2 is 2.14 bits per heavy atom. The zero-order chi connectivity index (χ0) is 19.5. The van der Waals surface area contributed by atoms with Gasteiger partial charge in [-0.3, -0.25) is 14.6 Å². The first-order valence-electron chi connectivity index (χ1n) is 10.1. The average molecular weight is 382 g/mol. The average Bonchev–Trinajstić information content (AvgIpc) is 3.22. The molecule has 0 unspecified atom stereocenters. The molecule has 1 spiro atoms. The van der Waals surface area contributed by atoms with Crippen molar-refractivity contribution in [3.05, 3.63) is 36.2 Å². The van der Waals surface area contributed by atoms with Crippen molar-refractivity contribution >= 4 is 17.5 Å². The van der Waals surface area contributed by atoms with Crippen LogP contribution in [-0.4, -0.2) is 78.1 Å². The van der Waals surface area contributed by atoms with E-state index in [1.807, 2.05) is 35.5 Å². The second-order valence-corrected chi connectivity index (χ2v) is 8.42. The molecule has 28 heavy (non-hydrogen) atoms. The summed E-state index contributed by atoms with van der Waals surface area (Å²) < 4.78 is 6.15. The van der Waals surface area contributed by atoms with Crippen LogP contribution in [0.25, 0.3) is 0 Å². The Bertz CT molecular complexity index is 856. The lowest BCUT2D eigenvalue weighted by atomic mass is 9.76. The minimum absolute atomic E-state index is 0.0362. The van der Waals surface area contributed by atoms with Gasteiger partial charge in [0, 0.05) is 51.3 Å². The minimum Gasteiger partial charge on any atom is -0.369 e. The van der Waals surface area contributed by atoms with Crippen LogP contribution in [-0.2, 0) is 14.3 Å². The van der Waals surface area contributed by atoms with Crippen LogP contribution in [0.15, 0.2) is 30.6 Å². The lowest BCUT2D eigenvalue weighted by molar-refractivity contribution is -0.142. The smallest absolute Gasteiger partial charge is 0.229 e. The molecule has 2 amide bonds. The van der Waals surface area contributed by atoms with E-state index in [0.29, 0.717) is 13.1 Å². The van der Waals surface area contributed by atoms with Crippen LogP contribution in [0.1, 0.15) is 12.0 Å². The predicted molar refractivity (Wildman–Crippen MR) is 104 cm³/mol. The molecule has 4 aliphatic rings. The van der Waals surface area contributed by atoms with Gasteiger partial charge in [-0.05, 0) is 25.0 Å². The monoisotopic (exact) mass is 382 g/mol. The highest BCUT2D eigenvalue weighted by molar-refractivity contribution is 5.93.